The Morgan fingerprint density at radius 1 is 0.788 bits per heavy atom. The van der Waals surface area contributed by atoms with Gasteiger partial charge >= 0.3 is 0 Å². The zero-order valence-electron chi connectivity index (χ0n) is 18.3. The highest BCUT2D eigenvalue weighted by Crippen LogP contribution is 2.29. The van der Waals surface area contributed by atoms with Crippen molar-refractivity contribution in [3.8, 4) is 23.0 Å². The average Bonchev–Trinajstić information content (AvgIpc) is 2.81. The van der Waals surface area contributed by atoms with E-state index >= 15 is 0 Å². The Balaban J connectivity index is 1.35. The van der Waals surface area contributed by atoms with Gasteiger partial charge in [0.1, 0.15) is 28.8 Å². The lowest BCUT2D eigenvalue weighted by Crippen LogP contribution is -2.40. The first-order valence-corrected chi connectivity index (χ1v) is 11.0. The predicted molar refractivity (Wildman–Crippen MR) is 128 cm³/mol. The summed E-state index contributed by atoms with van der Waals surface area (Å²) in [6.07, 6.45) is 3.75. The molecule has 4 rings (SSSR count). The molecule has 0 radical (unpaired) electrons. The number of carbonyl (C=O) groups excluding carboxylic acids is 1. The molecule has 3 aromatic carbocycles. The van der Waals surface area contributed by atoms with Crippen LogP contribution < -0.4 is 26.3 Å². The zero-order valence-corrected chi connectivity index (χ0v) is 18.3. The van der Waals surface area contributed by atoms with E-state index in [1.807, 2.05) is 18.2 Å². The number of carbonyl (C=O) groups is 1. The smallest absolute Gasteiger partial charge is 0.251 e. The van der Waals surface area contributed by atoms with Crippen LogP contribution in [0.1, 0.15) is 41.6 Å². The third-order valence-electron chi connectivity index (χ3n) is 5.67. The summed E-state index contributed by atoms with van der Waals surface area (Å²) >= 11 is 0. The van der Waals surface area contributed by atoms with E-state index in [-0.39, 0.29) is 23.8 Å². The van der Waals surface area contributed by atoms with Gasteiger partial charge in [0.25, 0.3) is 5.91 Å². The summed E-state index contributed by atoms with van der Waals surface area (Å²) in [5.41, 5.74) is 12.7. The third kappa shape index (κ3) is 6.11. The van der Waals surface area contributed by atoms with E-state index in [1.165, 1.54) is 0 Å². The van der Waals surface area contributed by atoms with Crippen LogP contribution in [0.4, 0.5) is 0 Å². The average molecular weight is 445 g/mol. The van der Waals surface area contributed by atoms with Gasteiger partial charge in [-0.25, -0.2) is 0 Å². The summed E-state index contributed by atoms with van der Waals surface area (Å²) in [6.45, 7) is 0. The van der Waals surface area contributed by atoms with E-state index in [0.29, 0.717) is 34.1 Å². The van der Waals surface area contributed by atoms with E-state index in [1.54, 1.807) is 54.6 Å². The van der Waals surface area contributed by atoms with E-state index in [4.69, 9.17) is 26.4 Å². The van der Waals surface area contributed by atoms with Crippen LogP contribution in [0.5, 0.6) is 23.0 Å². The highest BCUT2D eigenvalue weighted by atomic mass is 16.5. The number of nitrogen functional groups attached to an aromatic ring is 1. The Kier molecular flexibility index (Phi) is 6.90. The molecule has 0 aromatic heterocycles. The molecule has 1 amide bonds. The number of amidine groups is 1. The van der Waals surface area contributed by atoms with Gasteiger partial charge in [0.15, 0.2) is 0 Å². The standard InChI is InChI=1S/C26H28N4O3/c27-19-8-10-20(11-9-19)30-26(31)18-6-14-22(15-7-18)33-24-3-1-2-23(16-24)32-21-12-4-17(5-13-21)25(28)29/h1-7,12-16,19-20H,8-11,27H2,(H3,28,29)(H,30,31). The summed E-state index contributed by atoms with van der Waals surface area (Å²) < 4.78 is 11.8. The molecule has 7 nitrogen and oxygen atoms in total. The van der Waals surface area contributed by atoms with Gasteiger partial charge in [0.05, 0.1) is 0 Å². The van der Waals surface area contributed by atoms with Crippen molar-refractivity contribution in [1.29, 1.82) is 5.41 Å². The Labute approximate surface area is 193 Å². The molecule has 170 valence electrons. The van der Waals surface area contributed by atoms with Crippen LogP contribution in [-0.2, 0) is 0 Å². The summed E-state index contributed by atoms with van der Waals surface area (Å²) in [7, 11) is 0. The number of rotatable bonds is 7. The highest BCUT2D eigenvalue weighted by molar-refractivity contribution is 5.95. The van der Waals surface area contributed by atoms with Crippen molar-refractivity contribution >= 4 is 11.7 Å². The Morgan fingerprint density at radius 2 is 1.30 bits per heavy atom. The van der Waals surface area contributed by atoms with Crippen LogP contribution in [-0.4, -0.2) is 23.8 Å². The molecule has 1 fully saturated rings. The number of nitrogens with two attached hydrogens (primary N) is 2. The molecule has 0 spiro atoms. The fourth-order valence-corrected chi connectivity index (χ4v) is 3.78. The fourth-order valence-electron chi connectivity index (χ4n) is 3.78. The largest absolute Gasteiger partial charge is 0.457 e. The van der Waals surface area contributed by atoms with Crippen LogP contribution in [0, 0.1) is 5.41 Å². The normalized spacial score (nSPS) is 17.7. The Bertz CT molecular complexity index is 1110. The molecule has 6 N–H and O–H groups in total. The number of ether oxygens (including phenoxy) is 2. The van der Waals surface area contributed by atoms with Crippen LogP contribution in [0.3, 0.4) is 0 Å². The molecule has 0 saturated heterocycles. The maximum Gasteiger partial charge on any atom is 0.251 e. The summed E-state index contributed by atoms with van der Waals surface area (Å²) in [4.78, 5) is 12.5. The first-order chi connectivity index (χ1) is 16.0. The van der Waals surface area contributed by atoms with Crippen LogP contribution >= 0.6 is 0 Å². The minimum Gasteiger partial charge on any atom is -0.457 e. The van der Waals surface area contributed by atoms with E-state index in [2.05, 4.69) is 5.32 Å². The second kappa shape index (κ2) is 10.2. The molecule has 0 atom stereocenters. The van der Waals surface area contributed by atoms with Crippen molar-refractivity contribution in [3.05, 3.63) is 83.9 Å². The number of nitrogens with one attached hydrogen (secondary N) is 2. The number of hydrogen-bond donors (Lipinski definition) is 4. The summed E-state index contributed by atoms with van der Waals surface area (Å²) in [5, 5.41) is 10.6. The van der Waals surface area contributed by atoms with E-state index in [9.17, 15) is 4.79 Å². The maximum atomic E-state index is 12.5. The lowest BCUT2D eigenvalue weighted by molar-refractivity contribution is 0.0926. The van der Waals surface area contributed by atoms with Crippen molar-refractivity contribution in [2.24, 2.45) is 11.5 Å². The lowest BCUT2D eigenvalue weighted by atomic mass is 9.91. The molecular weight excluding hydrogens is 416 g/mol. The minimum atomic E-state index is -0.0757. The van der Waals surface area contributed by atoms with Gasteiger partial charge in [-0.05, 0) is 86.3 Å². The zero-order chi connectivity index (χ0) is 23.2. The van der Waals surface area contributed by atoms with Gasteiger partial charge < -0.3 is 26.3 Å². The van der Waals surface area contributed by atoms with Crippen LogP contribution in [0.2, 0.25) is 0 Å². The number of hydrogen-bond acceptors (Lipinski definition) is 5. The molecule has 33 heavy (non-hydrogen) atoms. The third-order valence-corrected chi connectivity index (χ3v) is 5.67. The monoisotopic (exact) mass is 444 g/mol. The SMILES string of the molecule is N=C(N)c1ccc(Oc2cccc(Oc3ccc(C(=O)NC4CCC(N)CC4)cc3)c2)cc1. The summed E-state index contributed by atoms with van der Waals surface area (Å²) in [5.74, 6) is 2.42. The van der Waals surface area contributed by atoms with Gasteiger partial charge in [-0.2, -0.15) is 0 Å². The molecule has 3 aromatic rings. The molecule has 0 aliphatic heterocycles. The Hall–Kier alpha value is -3.84. The van der Waals surface area contributed by atoms with Crippen molar-refractivity contribution in [1.82, 2.24) is 5.32 Å². The molecular formula is C26H28N4O3. The summed E-state index contributed by atoms with van der Waals surface area (Å²) in [6, 6.07) is 21.8. The fraction of sp³-hybridized carbons (Fsp3) is 0.231. The molecule has 1 aliphatic rings. The quantitative estimate of drug-likeness (QED) is 0.314. The molecule has 1 saturated carbocycles. The maximum absolute atomic E-state index is 12.5. The Morgan fingerprint density at radius 3 is 1.82 bits per heavy atom. The van der Waals surface area contributed by atoms with Crippen LogP contribution in [0.25, 0.3) is 0 Å². The van der Waals surface area contributed by atoms with Crippen LogP contribution in [0.15, 0.2) is 72.8 Å². The second-order valence-electron chi connectivity index (χ2n) is 8.23. The predicted octanol–water partition coefficient (Wildman–Crippen LogP) is 4.55. The van der Waals surface area contributed by atoms with Gasteiger partial charge in [0, 0.05) is 29.3 Å². The molecule has 7 heteroatoms. The first-order valence-electron chi connectivity index (χ1n) is 11.0. The second-order valence-corrected chi connectivity index (χ2v) is 8.23. The van der Waals surface area contributed by atoms with Gasteiger partial charge in [-0.3, -0.25) is 10.2 Å². The van der Waals surface area contributed by atoms with Gasteiger partial charge in [-0.1, -0.05) is 6.07 Å². The highest BCUT2D eigenvalue weighted by Gasteiger charge is 2.20. The van der Waals surface area contributed by atoms with Gasteiger partial charge in [-0.15, -0.1) is 0 Å². The lowest BCUT2D eigenvalue weighted by Gasteiger charge is -2.26. The topological polar surface area (TPSA) is 123 Å². The molecule has 0 bridgehead atoms. The van der Waals surface area contributed by atoms with Gasteiger partial charge in [0.2, 0.25) is 0 Å². The van der Waals surface area contributed by atoms with Crippen molar-refractivity contribution in [2.75, 3.05) is 0 Å². The van der Waals surface area contributed by atoms with Crippen molar-refractivity contribution in [3.63, 3.8) is 0 Å². The van der Waals surface area contributed by atoms with Crippen molar-refractivity contribution < 1.29 is 14.3 Å². The molecule has 1 aliphatic carbocycles. The molecule has 0 heterocycles. The molecule has 0 unspecified atom stereocenters. The number of benzene rings is 3. The minimum absolute atomic E-state index is 0.0131. The first kappa shape index (κ1) is 22.4. The van der Waals surface area contributed by atoms with Crippen molar-refractivity contribution in [2.45, 2.75) is 37.8 Å². The number of amides is 1. The van der Waals surface area contributed by atoms with E-state index in [0.717, 1.165) is 25.7 Å². The van der Waals surface area contributed by atoms with E-state index < -0.39 is 0 Å².